The molecule has 2 atom stereocenters. The summed E-state index contributed by atoms with van der Waals surface area (Å²) in [5.74, 6) is -0.112. The molecule has 0 bridgehead atoms. The van der Waals surface area contributed by atoms with E-state index in [1.807, 2.05) is 40.1 Å². The zero-order valence-corrected chi connectivity index (χ0v) is 25.9. The van der Waals surface area contributed by atoms with Crippen molar-refractivity contribution in [1.29, 1.82) is 0 Å². The molecule has 222 valence electrons. The molecule has 0 unspecified atom stereocenters. The Bertz CT molecular complexity index is 1750. The van der Waals surface area contributed by atoms with Crippen LogP contribution in [0.25, 0.3) is 27.5 Å². The molecule has 2 amide bonds. The van der Waals surface area contributed by atoms with Crippen LogP contribution < -0.4 is 16.0 Å². The van der Waals surface area contributed by atoms with Gasteiger partial charge in [-0.3, -0.25) is 9.59 Å². The zero-order chi connectivity index (χ0) is 30.1. The van der Waals surface area contributed by atoms with Crippen molar-refractivity contribution in [3.8, 4) is 21.8 Å². The first-order chi connectivity index (χ1) is 20.9. The summed E-state index contributed by atoms with van der Waals surface area (Å²) in [5.41, 5.74) is 9.82. The number of nitrogens with one attached hydrogen (secondary N) is 1. The lowest BCUT2D eigenvalue weighted by molar-refractivity contribution is -0.118. The maximum atomic E-state index is 13.3. The predicted octanol–water partition coefficient (Wildman–Crippen LogP) is 4.57. The van der Waals surface area contributed by atoms with E-state index >= 15 is 0 Å². The van der Waals surface area contributed by atoms with Gasteiger partial charge in [0.1, 0.15) is 11.9 Å². The maximum absolute atomic E-state index is 13.3. The first-order valence-corrected chi connectivity index (χ1v) is 16.1. The Morgan fingerprint density at radius 2 is 2.00 bits per heavy atom. The minimum atomic E-state index is -0.542. The minimum Gasteiger partial charge on any atom is -0.366 e. The van der Waals surface area contributed by atoms with Gasteiger partial charge in [-0.15, -0.1) is 22.7 Å². The van der Waals surface area contributed by atoms with Crippen LogP contribution in [-0.2, 0) is 11.2 Å². The number of anilines is 2. The van der Waals surface area contributed by atoms with Crippen LogP contribution in [-0.4, -0.2) is 73.0 Å². The zero-order valence-electron chi connectivity index (χ0n) is 24.2. The SMILES string of the molecule is CCN(CC)[C@@H](C)Cc1c(C(N)=O)cc(-c2cnn3ccc(-c4cccs4)nc23)nc1N1CC[C@H]1C(=O)Nc1nccs1. The van der Waals surface area contributed by atoms with Crippen LogP contribution in [0.1, 0.15) is 43.1 Å². The van der Waals surface area contributed by atoms with Gasteiger partial charge in [-0.05, 0) is 56.4 Å². The van der Waals surface area contributed by atoms with Gasteiger partial charge in [0.2, 0.25) is 11.8 Å². The van der Waals surface area contributed by atoms with Crippen LogP contribution in [0.3, 0.4) is 0 Å². The molecule has 1 aliphatic rings. The lowest BCUT2D eigenvalue weighted by Gasteiger charge is -2.42. The van der Waals surface area contributed by atoms with Crippen molar-refractivity contribution in [2.75, 3.05) is 29.9 Å². The van der Waals surface area contributed by atoms with E-state index < -0.39 is 11.9 Å². The fourth-order valence-corrected chi connectivity index (χ4v) is 6.85. The van der Waals surface area contributed by atoms with Gasteiger partial charge in [-0.2, -0.15) is 5.10 Å². The number of hydrogen-bond donors (Lipinski definition) is 2. The number of nitrogens with zero attached hydrogens (tertiary/aromatic N) is 7. The van der Waals surface area contributed by atoms with E-state index in [2.05, 4.69) is 41.1 Å². The number of carbonyl (C=O) groups is 2. The van der Waals surface area contributed by atoms with Gasteiger partial charge in [0.25, 0.3) is 0 Å². The molecule has 1 fully saturated rings. The van der Waals surface area contributed by atoms with E-state index in [0.717, 1.165) is 29.2 Å². The standard InChI is InChI=1S/C30H33N9O2S2/c1-4-37(5-2)18(3)15-20-19(26(31)40)16-23(21-17-33-39-12-8-22(34-28(21)39)25-7-6-13-42-25)35-27(20)38-11-9-24(38)29(41)36-30-32-10-14-43-30/h6-8,10,12-14,16-18,24H,4-5,9,11,15H2,1-3H3,(H2,31,40)(H,32,36,41)/t18-,24-/m0/s1. The van der Waals surface area contributed by atoms with Gasteiger partial charge in [0.05, 0.1) is 28.0 Å². The molecule has 43 heavy (non-hydrogen) atoms. The number of nitrogens with two attached hydrogens (primary N) is 1. The number of thiazole rings is 1. The van der Waals surface area contributed by atoms with Crippen molar-refractivity contribution in [3.05, 3.63) is 64.7 Å². The van der Waals surface area contributed by atoms with Crippen molar-refractivity contribution >= 4 is 51.1 Å². The van der Waals surface area contributed by atoms with Crippen molar-refractivity contribution in [2.24, 2.45) is 5.73 Å². The predicted molar refractivity (Wildman–Crippen MR) is 171 cm³/mol. The number of rotatable bonds is 11. The number of fused-ring (bicyclic) bond motifs is 1. The molecule has 11 nitrogen and oxygen atoms in total. The lowest BCUT2D eigenvalue weighted by Crippen LogP contribution is -2.55. The summed E-state index contributed by atoms with van der Waals surface area (Å²) in [6, 6.07) is 7.34. The number of primary amides is 1. The number of likely N-dealkylation sites (N-methyl/N-ethyl adjacent to an activating group) is 1. The summed E-state index contributed by atoms with van der Waals surface area (Å²) in [7, 11) is 0. The molecule has 0 spiro atoms. The molecule has 13 heteroatoms. The summed E-state index contributed by atoms with van der Waals surface area (Å²) < 4.78 is 1.70. The molecule has 5 aromatic rings. The second-order valence-corrected chi connectivity index (χ2v) is 12.3. The van der Waals surface area contributed by atoms with Gasteiger partial charge in [0.15, 0.2) is 10.8 Å². The van der Waals surface area contributed by atoms with Crippen molar-refractivity contribution in [1.82, 2.24) is 29.5 Å². The highest BCUT2D eigenvalue weighted by atomic mass is 32.1. The third-order valence-electron chi connectivity index (χ3n) is 7.98. The largest absolute Gasteiger partial charge is 0.366 e. The summed E-state index contributed by atoms with van der Waals surface area (Å²) >= 11 is 2.98. The van der Waals surface area contributed by atoms with E-state index in [9.17, 15) is 9.59 Å². The van der Waals surface area contributed by atoms with Crippen LogP contribution in [0.15, 0.2) is 53.6 Å². The third kappa shape index (κ3) is 5.63. The second kappa shape index (κ2) is 12.2. The summed E-state index contributed by atoms with van der Waals surface area (Å²) in [5, 5.41) is 11.8. The van der Waals surface area contributed by atoms with Crippen molar-refractivity contribution < 1.29 is 9.59 Å². The van der Waals surface area contributed by atoms with E-state index in [1.54, 1.807) is 34.3 Å². The topological polar surface area (TPSA) is 135 Å². The molecular formula is C30H33N9O2S2. The van der Waals surface area contributed by atoms with Gasteiger partial charge in [0, 0.05) is 41.5 Å². The molecule has 5 aromatic heterocycles. The number of amides is 2. The summed E-state index contributed by atoms with van der Waals surface area (Å²) in [4.78, 5) is 46.0. The van der Waals surface area contributed by atoms with Crippen molar-refractivity contribution in [3.63, 3.8) is 0 Å². The average Bonchev–Trinajstić information content (AvgIpc) is 3.76. The monoisotopic (exact) mass is 615 g/mol. The van der Waals surface area contributed by atoms with Gasteiger partial charge >= 0.3 is 0 Å². The van der Waals surface area contributed by atoms with Crippen LogP contribution >= 0.6 is 22.7 Å². The number of carbonyl (C=O) groups excluding carboxylic acids is 2. The molecule has 0 aromatic carbocycles. The van der Waals surface area contributed by atoms with Gasteiger partial charge in [-0.25, -0.2) is 19.5 Å². The van der Waals surface area contributed by atoms with Crippen LogP contribution in [0.4, 0.5) is 10.9 Å². The fourth-order valence-electron chi connectivity index (χ4n) is 5.62. The minimum absolute atomic E-state index is 0.121. The first kappa shape index (κ1) is 28.9. The molecule has 1 aliphatic heterocycles. The molecule has 3 N–H and O–H groups in total. The number of aromatic nitrogens is 5. The highest BCUT2D eigenvalue weighted by Gasteiger charge is 2.38. The maximum Gasteiger partial charge on any atom is 0.249 e. The molecule has 0 radical (unpaired) electrons. The fraction of sp³-hybridized carbons (Fsp3) is 0.333. The molecule has 0 aliphatic carbocycles. The molecule has 6 rings (SSSR count). The molecule has 1 saturated heterocycles. The van der Waals surface area contributed by atoms with E-state index in [4.69, 9.17) is 15.7 Å². The number of hydrogen-bond acceptors (Lipinski definition) is 10. The Balaban J connectivity index is 1.47. The smallest absolute Gasteiger partial charge is 0.249 e. The number of thiophene rings is 1. The second-order valence-electron chi connectivity index (χ2n) is 10.4. The molecular weight excluding hydrogens is 583 g/mol. The molecule has 0 saturated carbocycles. The highest BCUT2D eigenvalue weighted by molar-refractivity contribution is 7.14. The third-order valence-corrected chi connectivity index (χ3v) is 9.56. The van der Waals surface area contributed by atoms with Gasteiger partial charge in [-0.1, -0.05) is 19.9 Å². The normalized spacial score (nSPS) is 15.5. The first-order valence-electron chi connectivity index (χ1n) is 14.3. The van der Waals surface area contributed by atoms with E-state index in [1.165, 1.54) is 11.3 Å². The summed E-state index contributed by atoms with van der Waals surface area (Å²) in [6.45, 7) is 8.73. The van der Waals surface area contributed by atoms with Crippen molar-refractivity contribution in [2.45, 2.75) is 45.7 Å². The lowest BCUT2D eigenvalue weighted by atomic mass is 9.94. The van der Waals surface area contributed by atoms with Crippen LogP contribution in [0.2, 0.25) is 0 Å². The Morgan fingerprint density at radius 1 is 1.16 bits per heavy atom. The van der Waals surface area contributed by atoms with Crippen LogP contribution in [0.5, 0.6) is 0 Å². The molecule has 6 heterocycles. The quantitative estimate of drug-likeness (QED) is 0.221. The average molecular weight is 616 g/mol. The van der Waals surface area contributed by atoms with Crippen LogP contribution in [0, 0.1) is 0 Å². The Hall–Kier alpha value is -4.20. The number of pyridine rings is 1. The summed E-state index contributed by atoms with van der Waals surface area (Å²) in [6.07, 6.45) is 6.44. The Labute approximate surface area is 257 Å². The highest BCUT2D eigenvalue weighted by Crippen LogP contribution is 2.36. The van der Waals surface area contributed by atoms with E-state index in [-0.39, 0.29) is 11.9 Å². The van der Waals surface area contributed by atoms with Gasteiger partial charge < -0.3 is 20.9 Å². The Kier molecular flexibility index (Phi) is 8.19. The Morgan fingerprint density at radius 3 is 2.65 bits per heavy atom. The van der Waals surface area contributed by atoms with E-state index in [0.29, 0.717) is 52.8 Å².